The summed E-state index contributed by atoms with van der Waals surface area (Å²) in [5.74, 6) is -2.17. The van der Waals surface area contributed by atoms with Gasteiger partial charge >= 0.3 is 0 Å². The first-order chi connectivity index (χ1) is 20.7. The molecule has 1 unspecified atom stereocenters. The van der Waals surface area contributed by atoms with Crippen LogP contribution in [0.3, 0.4) is 0 Å². The number of ether oxygens (including phenoxy) is 2. The number of methoxy groups -OCH3 is 1. The zero-order chi connectivity index (χ0) is 30.5. The molecule has 2 aromatic carbocycles. The second kappa shape index (κ2) is 11.0. The van der Waals surface area contributed by atoms with Gasteiger partial charge in [0.05, 0.1) is 37.2 Å². The van der Waals surface area contributed by atoms with Gasteiger partial charge in [0.2, 0.25) is 11.8 Å². The van der Waals surface area contributed by atoms with E-state index in [4.69, 9.17) is 9.47 Å². The number of rotatable bonds is 7. The minimum atomic E-state index is -1.41. The van der Waals surface area contributed by atoms with Gasteiger partial charge in [-0.3, -0.25) is 14.4 Å². The monoisotopic (exact) mass is 585 g/mol. The van der Waals surface area contributed by atoms with Crippen molar-refractivity contribution < 1.29 is 29.0 Å². The average Bonchev–Trinajstić information content (AvgIpc) is 3.29. The summed E-state index contributed by atoms with van der Waals surface area (Å²) in [5.41, 5.74) is -1.16. The van der Waals surface area contributed by atoms with Gasteiger partial charge < -0.3 is 29.3 Å². The smallest absolute Gasteiger partial charge is 0.253 e. The molecule has 6 rings (SSSR count). The summed E-state index contributed by atoms with van der Waals surface area (Å²) in [6, 6.07) is 14.9. The van der Waals surface area contributed by atoms with Crippen LogP contribution in [0.25, 0.3) is 0 Å². The molecule has 4 heterocycles. The first kappa shape index (κ1) is 29.1. The highest BCUT2D eigenvalue weighted by molar-refractivity contribution is 6.07. The van der Waals surface area contributed by atoms with Gasteiger partial charge in [-0.2, -0.15) is 0 Å². The number of amides is 3. The van der Waals surface area contributed by atoms with E-state index in [-0.39, 0.29) is 36.8 Å². The number of hydrogen-bond acceptors (Lipinski definition) is 6. The van der Waals surface area contributed by atoms with Gasteiger partial charge in [-0.05, 0) is 49.2 Å². The number of benzene rings is 2. The van der Waals surface area contributed by atoms with Gasteiger partial charge in [0, 0.05) is 24.5 Å². The highest BCUT2D eigenvalue weighted by Crippen LogP contribution is 2.58. The molecule has 2 aromatic rings. The van der Waals surface area contributed by atoms with Gasteiger partial charge in [-0.25, -0.2) is 0 Å². The molecule has 226 valence electrons. The third-order valence-corrected chi connectivity index (χ3v) is 9.79. The number of carbonyl (C=O) groups excluding carboxylic acids is 3. The molecule has 3 amide bonds. The molecule has 2 saturated heterocycles. The van der Waals surface area contributed by atoms with Crippen molar-refractivity contribution >= 4 is 29.1 Å². The van der Waals surface area contributed by atoms with Crippen LogP contribution < -0.4 is 14.5 Å². The zero-order valence-electron chi connectivity index (χ0n) is 25.1. The molecule has 4 aliphatic heterocycles. The van der Waals surface area contributed by atoms with Gasteiger partial charge in [0.15, 0.2) is 0 Å². The number of para-hydroxylation sites is 1. The third-order valence-electron chi connectivity index (χ3n) is 9.79. The van der Waals surface area contributed by atoms with Crippen molar-refractivity contribution in [2.24, 2.45) is 17.8 Å². The highest BCUT2D eigenvalue weighted by Gasteiger charge is 2.75. The zero-order valence-corrected chi connectivity index (χ0v) is 25.1. The summed E-state index contributed by atoms with van der Waals surface area (Å²) in [6.45, 7) is 6.08. The molecule has 4 aliphatic rings. The molecule has 0 bridgehead atoms. The van der Waals surface area contributed by atoms with Crippen LogP contribution in [0.5, 0.6) is 5.75 Å². The Bertz CT molecular complexity index is 1460. The SMILES string of the molecule is CC[C@H](C)[C@H](CO)N1C(=O)[C@@H]2[C@H]3C(=O)N(c4ccccc4)CC=C[C@@]3(C)O[C@@]23C=CCN(c2ccc(OC)cc2)C(=O)C13. The molecular weight excluding hydrogens is 546 g/mol. The van der Waals surface area contributed by atoms with E-state index in [0.717, 1.165) is 5.69 Å². The molecule has 2 fully saturated rings. The highest BCUT2D eigenvalue weighted by atomic mass is 16.5. The minimum absolute atomic E-state index is 0.101. The van der Waals surface area contributed by atoms with Crippen molar-refractivity contribution in [2.75, 3.05) is 36.6 Å². The topological polar surface area (TPSA) is 99.6 Å². The van der Waals surface area contributed by atoms with Gasteiger partial charge in [0.1, 0.15) is 17.4 Å². The van der Waals surface area contributed by atoms with E-state index in [9.17, 15) is 19.5 Å². The van der Waals surface area contributed by atoms with E-state index in [1.54, 1.807) is 33.9 Å². The summed E-state index contributed by atoms with van der Waals surface area (Å²) >= 11 is 0. The maximum absolute atomic E-state index is 14.8. The Morgan fingerprint density at radius 2 is 1.53 bits per heavy atom. The minimum Gasteiger partial charge on any atom is -0.497 e. The Labute approximate surface area is 252 Å². The lowest BCUT2D eigenvalue weighted by Crippen LogP contribution is -2.60. The standard InChI is InChI=1S/C34H39N3O6/c1-5-22(2)26(21-38)37-29-32(41)36(24-13-15-25(42-4)16-14-24)20-10-18-34(29)28(31(37)40)27-30(39)35(23-11-7-6-8-12-23)19-9-17-33(27,3)43-34/h6-18,22,26-29,38H,5,19-21H2,1-4H3/t22-,26-,27-,28-,29?,33+,34-/m0/s1. The molecule has 43 heavy (non-hydrogen) atoms. The fourth-order valence-corrected chi connectivity index (χ4v) is 7.47. The van der Waals surface area contributed by atoms with Crippen LogP contribution in [-0.2, 0) is 19.1 Å². The predicted molar refractivity (Wildman–Crippen MR) is 163 cm³/mol. The van der Waals surface area contributed by atoms with Crippen molar-refractivity contribution in [1.29, 1.82) is 0 Å². The molecule has 0 aliphatic carbocycles. The average molecular weight is 586 g/mol. The second-order valence-electron chi connectivity index (χ2n) is 12.1. The maximum Gasteiger partial charge on any atom is 0.253 e. The fraction of sp³-hybridized carbons (Fsp3) is 0.441. The number of aliphatic hydroxyl groups is 1. The molecule has 9 nitrogen and oxygen atoms in total. The van der Waals surface area contributed by atoms with E-state index in [2.05, 4.69) is 0 Å². The summed E-state index contributed by atoms with van der Waals surface area (Å²) in [6.07, 6.45) is 8.17. The second-order valence-corrected chi connectivity index (χ2v) is 12.1. The quantitative estimate of drug-likeness (QED) is 0.499. The molecule has 1 spiro atoms. The lowest BCUT2D eigenvalue weighted by molar-refractivity contribution is -0.149. The van der Waals surface area contributed by atoms with Crippen molar-refractivity contribution in [2.45, 2.75) is 50.5 Å². The summed E-state index contributed by atoms with van der Waals surface area (Å²) in [5, 5.41) is 10.6. The molecule has 0 saturated carbocycles. The number of carbonyl (C=O) groups is 3. The molecule has 1 N–H and O–H groups in total. The first-order valence-electron chi connectivity index (χ1n) is 15.0. The number of anilines is 2. The van der Waals surface area contributed by atoms with Crippen LogP contribution in [-0.4, -0.2) is 77.8 Å². The van der Waals surface area contributed by atoms with E-state index in [1.165, 1.54) is 0 Å². The van der Waals surface area contributed by atoms with Crippen molar-refractivity contribution in [1.82, 2.24) is 4.90 Å². The lowest BCUT2D eigenvalue weighted by Gasteiger charge is -2.41. The number of likely N-dealkylation sites (tertiary alicyclic amines) is 1. The number of hydrogen-bond donors (Lipinski definition) is 1. The predicted octanol–water partition coefficient (Wildman–Crippen LogP) is 3.58. The lowest BCUT2D eigenvalue weighted by atomic mass is 9.74. The first-order valence-corrected chi connectivity index (χ1v) is 15.0. The van der Waals surface area contributed by atoms with Gasteiger partial charge in [-0.1, -0.05) is 62.8 Å². The number of aliphatic hydroxyl groups excluding tert-OH is 1. The van der Waals surface area contributed by atoms with Crippen LogP contribution in [0, 0.1) is 17.8 Å². The van der Waals surface area contributed by atoms with Crippen LogP contribution in [0.1, 0.15) is 27.2 Å². The Morgan fingerprint density at radius 3 is 2.16 bits per heavy atom. The van der Waals surface area contributed by atoms with E-state index in [0.29, 0.717) is 24.4 Å². The van der Waals surface area contributed by atoms with Gasteiger partial charge in [0.25, 0.3) is 5.91 Å². The third kappa shape index (κ3) is 4.40. The van der Waals surface area contributed by atoms with Crippen molar-refractivity contribution in [3.05, 3.63) is 78.9 Å². The Morgan fingerprint density at radius 1 is 0.907 bits per heavy atom. The summed E-state index contributed by atoms with van der Waals surface area (Å²) in [7, 11) is 1.58. The molecular formula is C34H39N3O6. The number of nitrogens with zero attached hydrogens (tertiary/aromatic N) is 3. The van der Waals surface area contributed by atoms with E-state index < -0.39 is 35.1 Å². The Hall–Kier alpha value is -3.95. The fourth-order valence-electron chi connectivity index (χ4n) is 7.47. The Balaban J connectivity index is 1.50. The molecule has 9 heteroatoms. The van der Waals surface area contributed by atoms with E-state index >= 15 is 0 Å². The maximum atomic E-state index is 14.8. The van der Waals surface area contributed by atoms with Gasteiger partial charge in [-0.15, -0.1) is 0 Å². The molecule has 0 aromatic heterocycles. The molecule has 7 atom stereocenters. The molecule has 0 radical (unpaired) electrons. The number of fused-ring (bicyclic) bond motifs is 2. The van der Waals surface area contributed by atoms with Crippen molar-refractivity contribution in [3.8, 4) is 5.75 Å². The van der Waals surface area contributed by atoms with Crippen LogP contribution >= 0.6 is 0 Å². The summed E-state index contributed by atoms with van der Waals surface area (Å²) < 4.78 is 12.3. The Kier molecular flexibility index (Phi) is 7.42. The van der Waals surface area contributed by atoms with E-state index in [1.807, 2.05) is 87.5 Å². The summed E-state index contributed by atoms with van der Waals surface area (Å²) in [4.78, 5) is 48.9. The van der Waals surface area contributed by atoms with Crippen LogP contribution in [0.15, 0.2) is 78.9 Å². The largest absolute Gasteiger partial charge is 0.497 e. The van der Waals surface area contributed by atoms with Crippen LogP contribution in [0.2, 0.25) is 0 Å². The van der Waals surface area contributed by atoms with Crippen molar-refractivity contribution in [3.63, 3.8) is 0 Å². The van der Waals surface area contributed by atoms with Crippen LogP contribution in [0.4, 0.5) is 11.4 Å². The normalized spacial score (nSPS) is 31.3.